The fourth-order valence-electron chi connectivity index (χ4n) is 2.22. The van der Waals surface area contributed by atoms with E-state index >= 15 is 0 Å². The average Bonchev–Trinajstić information content (AvgIpc) is 3.32. The Morgan fingerprint density at radius 2 is 2.05 bits per heavy atom. The van der Waals surface area contributed by atoms with Crippen LogP contribution in [0.3, 0.4) is 0 Å². The smallest absolute Gasteiger partial charge is 0.134 e. The monoisotopic (exact) mass is 268 g/mol. The molecule has 4 nitrogen and oxygen atoms in total. The van der Waals surface area contributed by atoms with E-state index in [0.29, 0.717) is 5.92 Å². The Balaban J connectivity index is 1.83. The Morgan fingerprint density at radius 3 is 2.65 bits per heavy atom. The van der Waals surface area contributed by atoms with Crippen LogP contribution in [0.25, 0.3) is 0 Å². The zero-order valence-corrected chi connectivity index (χ0v) is 12.1. The van der Waals surface area contributed by atoms with E-state index in [2.05, 4.69) is 34.3 Å². The van der Waals surface area contributed by atoms with Gasteiger partial charge in [0, 0.05) is 37.3 Å². The summed E-state index contributed by atoms with van der Waals surface area (Å²) in [5.74, 6) is 2.46. The lowest BCUT2D eigenvalue weighted by atomic mass is 10.1. The second-order valence-electron chi connectivity index (χ2n) is 5.32. The van der Waals surface area contributed by atoms with Gasteiger partial charge in [-0.3, -0.25) is 4.98 Å². The average molecular weight is 268 g/mol. The van der Waals surface area contributed by atoms with Crippen molar-refractivity contribution in [2.75, 3.05) is 12.4 Å². The molecule has 0 atom stereocenters. The van der Waals surface area contributed by atoms with Crippen molar-refractivity contribution in [2.45, 2.75) is 38.5 Å². The van der Waals surface area contributed by atoms with Crippen LogP contribution < -0.4 is 5.32 Å². The van der Waals surface area contributed by atoms with Crippen LogP contribution in [0, 0.1) is 0 Å². The highest BCUT2D eigenvalue weighted by Gasteiger charge is 2.27. The number of aryl methyl sites for hydroxylation is 1. The number of hydrogen-bond acceptors (Lipinski definition) is 4. The maximum atomic E-state index is 4.69. The molecule has 1 N–H and O–H groups in total. The van der Waals surface area contributed by atoms with Crippen molar-refractivity contribution < 1.29 is 0 Å². The largest absolute Gasteiger partial charge is 0.373 e. The summed E-state index contributed by atoms with van der Waals surface area (Å²) in [5, 5.41) is 3.12. The van der Waals surface area contributed by atoms with Crippen molar-refractivity contribution in [1.29, 1.82) is 0 Å². The Hall–Kier alpha value is -1.97. The summed E-state index contributed by atoms with van der Waals surface area (Å²) < 4.78 is 0. The summed E-state index contributed by atoms with van der Waals surface area (Å²) in [5.41, 5.74) is 3.37. The van der Waals surface area contributed by atoms with Gasteiger partial charge in [0.25, 0.3) is 0 Å². The molecule has 0 aliphatic heterocycles. The molecule has 0 unspecified atom stereocenters. The molecule has 4 heteroatoms. The second kappa shape index (κ2) is 5.57. The molecule has 0 aromatic carbocycles. The fourth-order valence-corrected chi connectivity index (χ4v) is 2.22. The summed E-state index contributed by atoms with van der Waals surface area (Å²) in [6.45, 7) is 2.14. The minimum Gasteiger partial charge on any atom is -0.373 e. The van der Waals surface area contributed by atoms with Gasteiger partial charge >= 0.3 is 0 Å². The summed E-state index contributed by atoms with van der Waals surface area (Å²) in [6, 6.07) is 6.25. The molecule has 1 aliphatic rings. The molecule has 2 aromatic heterocycles. The highest BCUT2D eigenvalue weighted by molar-refractivity contribution is 5.37. The maximum absolute atomic E-state index is 4.69. The minimum atomic E-state index is 0.567. The quantitative estimate of drug-likeness (QED) is 0.905. The topological polar surface area (TPSA) is 50.7 Å². The predicted molar refractivity (Wildman–Crippen MR) is 80.0 cm³/mol. The van der Waals surface area contributed by atoms with E-state index in [0.717, 1.165) is 35.9 Å². The Kier molecular flexibility index (Phi) is 3.63. The highest BCUT2D eigenvalue weighted by atomic mass is 15.0. The highest BCUT2D eigenvalue weighted by Crippen LogP contribution is 2.38. The van der Waals surface area contributed by atoms with E-state index < -0.39 is 0 Å². The maximum Gasteiger partial charge on any atom is 0.134 e. The number of rotatable bonds is 5. The first-order valence-electron chi connectivity index (χ1n) is 7.28. The predicted octanol–water partition coefficient (Wildman–Crippen LogP) is 2.94. The van der Waals surface area contributed by atoms with Crippen molar-refractivity contribution in [3.05, 3.63) is 47.2 Å². The summed E-state index contributed by atoms with van der Waals surface area (Å²) >= 11 is 0. The molecular weight excluding hydrogens is 248 g/mol. The molecule has 3 rings (SSSR count). The lowest BCUT2D eigenvalue weighted by Gasteiger charge is -2.07. The van der Waals surface area contributed by atoms with Crippen molar-refractivity contribution in [2.24, 2.45) is 0 Å². The molecule has 0 spiro atoms. The number of anilines is 1. The second-order valence-corrected chi connectivity index (χ2v) is 5.32. The van der Waals surface area contributed by atoms with Crippen LogP contribution in [-0.2, 0) is 12.8 Å². The lowest BCUT2D eigenvalue weighted by Crippen LogP contribution is -2.04. The van der Waals surface area contributed by atoms with Crippen molar-refractivity contribution in [3.63, 3.8) is 0 Å². The van der Waals surface area contributed by atoms with Crippen molar-refractivity contribution in [1.82, 2.24) is 15.0 Å². The lowest BCUT2D eigenvalue weighted by molar-refractivity contribution is 0.880. The van der Waals surface area contributed by atoms with Gasteiger partial charge in [-0.1, -0.05) is 13.0 Å². The number of nitrogens with zero attached hydrogens (tertiary/aromatic N) is 3. The van der Waals surface area contributed by atoms with Crippen molar-refractivity contribution >= 4 is 5.82 Å². The van der Waals surface area contributed by atoms with E-state index in [1.807, 2.05) is 19.3 Å². The first kappa shape index (κ1) is 13.0. The number of aromatic nitrogens is 3. The van der Waals surface area contributed by atoms with Gasteiger partial charge in [0.15, 0.2) is 0 Å². The molecule has 104 valence electrons. The fraction of sp³-hybridized carbons (Fsp3) is 0.438. The van der Waals surface area contributed by atoms with Crippen LogP contribution in [-0.4, -0.2) is 22.0 Å². The minimum absolute atomic E-state index is 0.567. The van der Waals surface area contributed by atoms with Gasteiger partial charge in [0.05, 0.1) is 5.69 Å². The Morgan fingerprint density at radius 1 is 1.20 bits per heavy atom. The third-order valence-corrected chi connectivity index (χ3v) is 3.65. The van der Waals surface area contributed by atoms with Crippen molar-refractivity contribution in [3.8, 4) is 0 Å². The molecule has 2 heterocycles. The molecule has 0 bridgehead atoms. The van der Waals surface area contributed by atoms with Gasteiger partial charge in [-0.15, -0.1) is 0 Å². The first-order chi connectivity index (χ1) is 9.78. The van der Waals surface area contributed by atoms with E-state index in [1.54, 1.807) is 0 Å². The Bertz CT molecular complexity index is 588. The van der Waals surface area contributed by atoms with Crippen LogP contribution in [0.2, 0.25) is 0 Å². The van der Waals surface area contributed by atoms with Gasteiger partial charge in [-0.05, 0) is 30.9 Å². The van der Waals surface area contributed by atoms with Crippen LogP contribution >= 0.6 is 0 Å². The summed E-state index contributed by atoms with van der Waals surface area (Å²) in [4.78, 5) is 13.7. The zero-order chi connectivity index (χ0) is 13.9. The molecular formula is C16H20N4. The standard InChI is InChI=1S/C16H20N4/c1-3-11-4-7-13(18-10-11)8-14-9-15(17-2)20-16(19-14)12-5-6-12/h4,7,9-10,12H,3,5-6,8H2,1-2H3,(H,17,19,20). The molecule has 20 heavy (non-hydrogen) atoms. The van der Waals surface area contributed by atoms with Gasteiger partial charge in [-0.2, -0.15) is 0 Å². The molecule has 1 aliphatic carbocycles. The third-order valence-electron chi connectivity index (χ3n) is 3.65. The molecule has 0 amide bonds. The number of hydrogen-bond donors (Lipinski definition) is 1. The first-order valence-corrected chi connectivity index (χ1v) is 7.28. The van der Waals surface area contributed by atoms with Crippen LogP contribution in [0.4, 0.5) is 5.82 Å². The summed E-state index contributed by atoms with van der Waals surface area (Å²) in [6.07, 6.45) is 6.18. The zero-order valence-electron chi connectivity index (χ0n) is 12.1. The van der Waals surface area contributed by atoms with E-state index in [4.69, 9.17) is 4.98 Å². The summed E-state index contributed by atoms with van der Waals surface area (Å²) in [7, 11) is 1.90. The van der Waals surface area contributed by atoms with E-state index in [9.17, 15) is 0 Å². The van der Waals surface area contributed by atoms with Gasteiger partial charge < -0.3 is 5.32 Å². The van der Waals surface area contributed by atoms with Gasteiger partial charge in [-0.25, -0.2) is 9.97 Å². The van der Waals surface area contributed by atoms with E-state index in [-0.39, 0.29) is 0 Å². The van der Waals surface area contributed by atoms with Crippen LogP contribution in [0.1, 0.15) is 48.5 Å². The van der Waals surface area contributed by atoms with Crippen LogP contribution in [0.5, 0.6) is 0 Å². The molecule has 1 fully saturated rings. The third kappa shape index (κ3) is 2.95. The Labute approximate surface area is 119 Å². The molecule has 0 radical (unpaired) electrons. The molecule has 0 saturated heterocycles. The van der Waals surface area contributed by atoms with E-state index in [1.165, 1.54) is 18.4 Å². The molecule has 1 saturated carbocycles. The van der Waals surface area contributed by atoms with Gasteiger partial charge in [0.2, 0.25) is 0 Å². The number of nitrogens with one attached hydrogen (secondary N) is 1. The SMILES string of the molecule is CCc1ccc(Cc2cc(NC)nc(C3CC3)n2)nc1. The molecule has 2 aromatic rings. The van der Waals surface area contributed by atoms with Gasteiger partial charge in [0.1, 0.15) is 11.6 Å². The number of pyridine rings is 1. The van der Waals surface area contributed by atoms with Crippen LogP contribution in [0.15, 0.2) is 24.4 Å². The normalized spacial score (nSPS) is 14.3.